The number of aromatic amines is 1. The number of amides is 1. The van der Waals surface area contributed by atoms with E-state index < -0.39 is 5.91 Å². The Kier molecular flexibility index (Phi) is 3.57. The van der Waals surface area contributed by atoms with Crippen LogP contribution in [0.15, 0.2) is 39.1 Å². The maximum absolute atomic E-state index is 11.4. The van der Waals surface area contributed by atoms with E-state index in [2.05, 4.69) is 9.97 Å². The third-order valence-corrected chi connectivity index (χ3v) is 3.27. The van der Waals surface area contributed by atoms with Gasteiger partial charge in [0.2, 0.25) is 5.91 Å². The molecule has 2 rings (SSSR count). The molecule has 6 nitrogen and oxygen atoms in total. The maximum Gasteiger partial charge on any atom is 0.251 e. The van der Waals surface area contributed by atoms with Crippen LogP contribution in [-0.2, 0) is 0 Å². The maximum atomic E-state index is 11.4. The van der Waals surface area contributed by atoms with Crippen LogP contribution in [0.2, 0.25) is 0 Å². The normalized spacial score (nSPS) is 10.4. The van der Waals surface area contributed by atoms with Crippen molar-refractivity contribution in [3.63, 3.8) is 0 Å². The van der Waals surface area contributed by atoms with E-state index in [0.717, 1.165) is 11.8 Å². The highest BCUT2D eigenvalue weighted by molar-refractivity contribution is 7.99. The summed E-state index contributed by atoms with van der Waals surface area (Å²) in [5.41, 5.74) is 12.2. The number of carbonyl (C=O) groups excluding carboxylic acids is 1. The highest BCUT2D eigenvalue weighted by Crippen LogP contribution is 2.29. The number of nitrogens with zero attached hydrogens (tertiary/aromatic N) is 1. The summed E-state index contributed by atoms with van der Waals surface area (Å²) in [7, 11) is 0. The highest BCUT2D eigenvalue weighted by atomic mass is 32.2. The zero-order valence-corrected chi connectivity index (χ0v) is 11.0. The van der Waals surface area contributed by atoms with Gasteiger partial charge < -0.3 is 16.5 Å². The largest absolute Gasteiger partial charge is 0.399 e. The van der Waals surface area contributed by atoms with Crippen molar-refractivity contribution in [2.45, 2.75) is 17.0 Å². The standard InChI is InChI=1S/C12H12N4O2S/c1-6-4-10(17)16-12(15-6)19-9-5-7(13)2-3-8(9)11(14)18/h2-5H,13H2,1H3,(H2,14,18)(H,15,16,17). The molecule has 2 aromatic rings. The second kappa shape index (κ2) is 5.15. The van der Waals surface area contributed by atoms with Crippen molar-refractivity contribution >= 4 is 23.4 Å². The summed E-state index contributed by atoms with van der Waals surface area (Å²) in [6, 6.07) is 6.15. The molecule has 98 valence electrons. The van der Waals surface area contributed by atoms with E-state index in [0.29, 0.717) is 27.0 Å². The minimum Gasteiger partial charge on any atom is -0.399 e. The molecule has 0 spiro atoms. The molecule has 0 bridgehead atoms. The van der Waals surface area contributed by atoms with Crippen LogP contribution in [0.5, 0.6) is 0 Å². The third kappa shape index (κ3) is 3.14. The van der Waals surface area contributed by atoms with Gasteiger partial charge in [-0.05, 0) is 25.1 Å². The first-order chi connectivity index (χ1) is 8.95. The number of aromatic nitrogens is 2. The summed E-state index contributed by atoms with van der Waals surface area (Å²) < 4.78 is 0. The SMILES string of the molecule is Cc1cc(=O)[nH]c(Sc2cc(N)ccc2C(N)=O)n1. The van der Waals surface area contributed by atoms with Crippen LogP contribution in [0.1, 0.15) is 16.1 Å². The molecule has 1 aromatic heterocycles. The quantitative estimate of drug-likeness (QED) is 0.569. The molecule has 0 saturated heterocycles. The fourth-order valence-electron chi connectivity index (χ4n) is 1.53. The van der Waals surface area contributed by atoms with Crippen LogP contribution in [-0.4, -0.2) is 15.9 Å². The smallest absolute Gasteiger partial charge is 0.251 e. The molecule has 0 aliphatic rings. The van der Waals surface area contributed by atoms with Crippen LogP contribution in [0, 0.1) is 6.92 Å². The Hall–Kier alpha value is -2.28. The van der Waals surface area contributed by atoms with E-state index in [1.165, 1.54) is 6.07 Å². The number of rotatable bonds is 3. The average molecular weight is 276 g/mol. The van der Waals surface area contributed by atoms with Crippen molar-refractivity contribution in [1.29, 1.82) is 0 Å². The molecule has 0 saturated carbocycles. The zero-order chi connectivity index (χ0) is 14.0. The molecule has 0 radical (unpaired) electrons. The lowest BCUT2D eigenvalue weighted by Crippen LogP contribution is -2.13. The molecular weight excluding hydrogens is 264 g/mol. The number of hydrogen-bond acceptors (Lipinski definition) is 5. The lowest BCUT2D eigenvalue weighted by atomic mass is 10.2. The van der Waals surface area contributed by atoms with Gasteiger partial charge in [-0.15, -0.1) is 0 Å². The molecule has 0 aliphatic carbocycles. The number of H-pyrrole nitrogens is 1. The van der Waals surface area contributed by atoms with Crippen molar-refractivity contribution in [1.82, 2.24) is 9.97 Å². The molecule has 0 atom stereocenters. The summed E-state index contributed by atoms with van der Waals surface area (Å²) in [5, 5.41) is 0.387. The van der Waals surface area contributed by atoms with Crippen LogP contribution in [0.4, 0.5) is 5.69 Å². The van der Waals surface area contributed by atoms with E-state index in [-0.39, 0.29) is 5.56 Å². The van der Waals surface area contributed by atoms with Gasteiger partial charge in [0.1, 0.15) is 0 Å². The molecule has 0 fully saturated rings. The summed E-state index contributed by atoms with van der Waals surface area (Å²) >= 11 is 1.14. The van der Waals surface area contributed by atoms with Crippen molar-refractivity contribution in [2.75, 3.05) is 5.73 Å². The van der Waals surface area contributed by atoms with Gasteiger partial charge >= 0.3 is 0 Å². The Morgan fingerprint density at radius 1 is 1.37 bits per heavy atom. The Balaban J connectivity index is 2.45. The summed E-state index contributed by atoms with van der Waals surface area (Å²) in [6.07, 6.45) is 0. The van der Waals surface area contributed by atoms with Gasteiger partial charge in [-0.1, -0.05) is 11.8 Å². The number of nitrogens with one attached hydrogen (secondary N) is 1. The number of hydrogen-bond donors (Lipinski definition) is 3. The lowest BCUT2D eigenvalue weighted by Gasteiger charge is -2.07. The number of benzene rings is 1. The van der Waals surface area contributed by atoms with Crippen LogP contribution in [0.25, 0.3) is 0 Å². The molecule has 5 N–H and O–H groups in total. The van der Waals surface area contributed by atoms with Gasteiger partial charge in [-0.25, -0.2) is 4.98 Å². The van der Waals surface area contributed by atoms with E-state index in [9.17, 15) is 9.59 Å². The van der Waals surface area contributed by atoms with Crippen molar-refractivity contribution in [2.24, 2.45) is 5.73 Å². The van der Waals surface area contributed by atoms with Crippen molar-refractivity contribution in [3.05, 3.63) is 45.9 Å². The molecule has 7 heteroatoms. The predicted octanol–water partition coefficient (Wildman–Crippen LogP) is 0.911. The number of anilines is 1. The number of aryl methyl sites for hydroxylation is 1. The Morgan fingerprint density at radius 2 is 2.11 bits per heavy atom. The topological polar surface area (TPSA) is 115 Å². The minimum absolute atomic E-state index is 0.250. The highest BCUT2D eigenvalue weighted by Gasteiger charge is 2.11. The number of nitrogens with two attached hydrogens (primary N) is 2. The fraction of sp³-hybridized carbons (Fsp3) is 0.0833. The van der Waals surface area contributed by atoms with Gasteiger partial charge in [0.05, 0.1) is 5.56 Å². The molecule has 1 heterocycles. The monoisotopic (exact) mass is 276 g/mol. The lowest BCUT2D eigenvalue weighted by molar-refractivity contribution is 0.0997. The molecule has 19 heavy (non-hydrogen) atoms. The predicted molar refractivity (Wildman–Crippen MR) is 73.1 cm³/mol. The number of nitrogen functional groups attached to an aromatic ring is 1. The second-order valence-corrected chi connectivity index (χ2v) is 4.94. The first kappa shape index (κ1) is 13.2. The summed E-state index contributed by atoms with van der Waals surface area (Å²) in [5.74, 6) is -0.558. The Labute approximate surface area is 113 Å². The second-order valence-electron chi connectivity index (χ2n) is 3.91. The molecule has 0 aliphatic heterocycles. The van der Waals surface area contributed by atoms with Gasteiger partial charge in [0.15, 0.2) is 5.16 Å². The van der Waals surface area contributed by atoms with Crippen molar-refractivity contribution < 1.29 is 4.79 Å². The number of primary amides is 1. The van der Waals surface area contributed by atoms with E-state index in [1.807, 2.05) is 0 Å². The first-order valence-corrected chi connectivity index (χ1v) is 6.22. The van der Waals surface area contributed by atoms with Gasteiger partial charge in [-0.2, -0.15) is 0 Å². The van der Waals surface area contributed by atoms with Crippen LogP contribution in [0.3, 0.4) is 0 Å². The van der Waals surface area contributed by atoms with Gasteiger partial charge in [0.25, 0.3) is 5.56 Å². The molecule has 1 amide bonds. The zero-order valence-electron chi connectivity index (χ0n) is 10.1. The summed E-state index contributed by atoms with van der Waals surface area (Å²) in [6.45, 7) is 1.72. The average Bonchev–Trinajstić information content (AvgIpc) is 2.26. The third-order valence-electron chi connectivity index (χ3n) is 2.33. The first-order valence-electron chi connectivity index (χ1n) is 5.41. The minimum atomic E-state index is -0.558. The van der Waals surface area contributed by atoms with E-state index >= 15 is 0 Å². The summed E-state index contributed by atoms with van der Waals surface area (Å²) in [4.78, 5) is 30.0. The Morgan fingerprint density at radius 3 is 2.74 bits per heavy atom. The van der Waals surface area contributed by atoms with Gasteiger partial charge in [-0.3, -0.25) is 9.59 Å². The Bertz CT molecular complexity index is 696. The van der Waals surface area contributed by atoms with E-state index in [4.69, 9.17) is 11.5 Å². The molecular formula is C12H12N4O2S. The molecule has 0 unspecified atom stereocenters. The molecule has 1 aromatic carbocycles. The van der Waals surface area contributed by atoms with Crippen LogP contribution >= 0.6 is 11.8 Å². The number of carbonyl (C=O) groups is 1. The van der Waals surface area contributed by atoms with Gasteiger partial charge in [0, 0.05) is 22.3 Å². The fourth-order valence-corrected chi connectivity index (χ4v) is 2.55. The van der Waals surface area contributed by atoms with Crippen molar-refractivity contribution in [3.8, 4) is 0 Å². The van der Waals surface area contributed by atoms with E-state index in [1.54, 1.807) is 25.1 Å². The van der Waals surface area contributed by atoms with Crippen LogP contribution < -0.4 is 17.0 Å².